The number of aromatic nitrogens is 4. The van der Waals surface area contributed by atoms with Crippen molar-refractivity contribution in [3.8, 4) is 33.5 Å². The second-order valence-electron chi connectivity index (χ2n) is 18.2. The number of imidazole rings is 2. The molecule has 13 heteroatoms. The Bertz CT molecular complexity index is 2400. The molecule has 1 saturated heterocycles. The van der Waals surface area contributed by atoms with Crippen LogP contribution in [0, 0.1) is 11.8 Å². The van der Waals surface area contributed by atoms with Crippen molar-refractivity contribution in [3.05, 3.63) is 83.6 Å². The Morgan fingerprint density at radius 2 is 1.50 bits per heavy atom. The predicted molar refractivity (Wildman–Crippen MR) is 242 cm³/mol. The molecule has 2 fully saturated rings. The lowest BCUT2D eigenvalue weighted by molar-refractivity contribution is -0.135. The summed E-state index contributed by atoms with van der Waals surface area (Å²) in [6.07, 6.45) is 8.66. The maximum Gasteiger partial charge on any atom is 0.407 e. The molecule has 0 spiro atoms. The van der Waals surface area contributed by atoms with E-state index in [9.17, 15) is 14.4 Å². The number of rotatable bonds is 15. The number of nitrogens with zero attached hydrogens (tertiary/aromatic N) is 3. The minimum absolute atomic E-state index is 0.0608. The number of likely N-dealkylation sites (tertiary alicyclic amines) is 1. The van der Waals surface area contributed by atoms with Crippen LogP contribution in [0.5, 0.6) is 0 Å². The van der Waals surface area contributed by atoms with E-state index >= 15 is 0 Å². The van der Waals surface area contributed by atoms with Crippen LogP contribution in [0.2, 0.25) is 0 Å². The van der Waals surface area contributed by atoms with Gasteiger partial charge in [-0.15, -0.1) is 0 Å². The van der Waals surface area contributed by atoms with E-state index in [0.717, 1.165) is 66.0 Å². The first-order valence-electron chi connectivity index (χ1n) is 22.5. The zero-order valence-electron chi connectivity index (χ0n) is 36.9. The molecule has 0 radical (unpaired) electrons. The fourth-order valence-corrected chi connectivity index (χ4v) is 10.3. The first-order chi connectivity index (χ1) is 30.0. The molecule has 6 atom stereocenters. The van der Waals surface area contributed by atoms with Crippen LogP contribution < -0.4 is 16.4 Å². The Morgan fingerprint density at radius 3 is 2.16 bits per heavy atom. The number of methoxy groups -OCH3 is 2. The maximum absolute atomic E-state index is 13.7. The van der Waals surface area contributed by atoms with E-state index in [4.69, 9.17) is 25.2 Å². The van der Waals surface area contributed by atoms with Crippen LogP contribution in [0.15, 0.2) is 60.8 Å². The second kappa shape index (κ2) is 18.3. The van der Waals surface area contributed by atoms with E-state index in [0.29, 0.717) is 24.9 Å². The fraction of sp³-hybridized carbons (Fsp3) is 0.490. The third kappa shape index (κ3) is 8.56. The fourth-order valence-electron chi connectivity index (χ4n) is 10.3. The van der Waals surface area contributed by atoms with Crippen LogP contribution in [0.25, 0.3) is 44.5 Å². The van der Waals surface area contributed by atoms with Gasteiger partial charge < -0.3 is 40.7 Å². The van der Waals surface area contributed by atoms with Crippen molar-refractivity contribution in [1.29, 1.82) is 0 Å². The summed E-state index contributed by atoms with van der Waals surface area (Å²) in [6, 6.07) is 19.0. The summed E-state index contributed by atoms with van der Waals surface area (Å²) in [6.45, 7) is 9.27. The van der Waals surface area contributed by atoms with Gasteiger partial charge in [0.25, 0.3) is 0 Å². The van der Waals surface area contributed by atoms with Gasteiger partial charge in [-0.1, -0.05) is 70.2 Å². The van der Waals surface area contributed by atoms with E-state index in [-0.39, 0.29) is 35.7 Å². The first kappa shape index (κ1) is 43.0. The molecule has 62 heavy (non-hydrogen) atoms. The number of H-pyrrole nitrogens is 2. The molecule has 13 nitrogen and oxygen atoms in total. The highest BCUT2D eigenvalue weighted by Gasteiger charge is 2.41. The number of benzene rings is 3. The second-order valence-corrected chi connectivity index (χ2v) is 18.2. The van der Waals surface area contributed by atoms with Crippen molar-refractivity contribution < 1.29 is 23.9 Å². The van der Waals surface area contributed by atoms with Crippen molar-refractivity contribution in [2.45, 2.75) is 115 Å². The average molecular weight is 843 g/mol. The number of aromatic amines is 2. The van der Waals surface area contributed by atoms with Crippen LogP contribution in [0.4, 0.5) is 9.59 Å². The molecule has 328 valence electrons. The first-order valence-corrected chi connectivity index (χ1v) is 22.5. The SMILES string of the molecule is COC(=O)N[C@H](C(=O)N1CCC[C@H]1c1nc(-c2ccc(-c3ccc(-c4ccc5nc(C(CCCN)C[C@@H](NC(=O)OC)C(C)C)[nH]c5c4)c4c3[C@@H]3CC[C@H]4C3)cc2)c[nH]1)C(C)C. The van der Waals surface area contributed by atoms with Gasteiger partial charge in [0, 0.05) is 30.3 Å². The van der Waals surface area contributed by atoms with Crippen molar-refractivity contribution in [2.75, 3.05) is 27.3 Å². The Morgan fingerprint density at radius 1 is 0.839 bits per heavy atom. The third-order valence-corrected chi connectivity index (χ3v) is 13.7. The van der Waals surface area contributed by atoms with Gasteiger partial charge in [0.05, 0.1) is 37.0 Å². The Labute approximate surface area is 364 Å². The van der Waals surface area contributed by atoms with Gasteiger partial charge in [-0.05, 0) is 127 Å². The predicted octanol–water partition coefficient (Wildman–Crippen LogP) is 9.29. The molecule has 2 bridgehead atoms. The lowest BCUT2D eigenvalue weighted by Gasteiger charge is -2.29. The minimum Gasteiger partial charge on any atom is -0.453 e. The quantitative estimate of drug-likeness (QED) is 0.0692. The molecule has 5 aromatic rings. The molecular formula is C49H62N8O5. The molecule has 3 aromatic carbocycles. The molecule has 2 aromatic heterocycles. The van der Waals surface area contributed by atoms with Gasteiger partial charge in [-0.25, -0.2) is 19.6 Å². The van der Waals surface area contributed by atoms with Crippen LogP contribution in [-0.4, -0.2) is 82.3 Å². The van der Waals surface area contributed by atoms with Crippen molar-refractivity contribution in [3.63, 3.8) is 0 Å². The van der Waals surface area contributed by atoms with E-state index in [2.05, 4.69) is 89.0 Å². The molecule has 3 aliphatic rings. The highest BCUT2D eigenvalue weighted by atomic mass is 16.5. The number of ether oxygens (including phenoxy) is 2. The molecular weight excluding hydrogens is 781 g/mol. The topological polar surface area (TPSA) is 180 Å². The number of carbonyl (C=O) groups excluding carboxylic acids is 3. The summed E-state index contributed by atoms with van der Waals surface area (Å²) in [5.41, 5.74) is 17.7. The standard InChI is InChI=1S/C49H62N8O5/c1-27(2)38(55-48(59)61-5)25-34(9-7-21-50)45-52-37-20-17-31(24-39(37)53-45)36-19-18-35(42-32-15-16-33(23-32)43(36)42)29-11-13-30(14-12-29)40-26-51-46(54-40)41-10-8-22-57(41)47(58)44(28(3)4)56-49(60)62-6/h11-14,17-20,24,26-28,32-34,38,41,44H,7-10,15-16,21-23,25,50H2,1-6H3,(H,51,54)(H,52,53)(H,55,59)(H,56,60)/t32-,33+,34?,38-,41+,44+/m1/s1. The molecule has 8 rings (SSSR count). The van der Waals surface area contributed by atoms with E-state index in [1.54, 1.807) is 0 Å². The zero-order chi connectivity index (χ0) is 43.7. The molecule has 6 N–H and O–H groups in total. The van der Waals surface area contributed by atoms with Gasteiger partial charge in [0.15, 0.2) is 0 Å². The summed E-state index contributed by atoms with van der Waals surface area (Å²) < 4.78 is 9.73. The summed E-state index contributed by atoms with van der Waals surface area (Å²) in [4.78, 5) is 56.9. The number of hydrogen-bond acceptors (Lipinski definition) is 8. The van der Waals surface area contributed by atoms with Crippen LogP contribution in [-0.2, 0) is 14.3 Å². The molecule has 2 aliphatic carbocycles. The number of nitrogens with one attached hydrogen (secondary N) is 4. The summed E-state index contributed by atoms with van der Waals surface area (Å²) in [5.74, 6) is 2.89. The largest absolute Gasteiger partial charge is 0.453 e. The molecule has 3 heterocycles. The molecule has 1 aliphatic heterocycles. The zero-order valence-corrected chi connectivity index (χ0v) is 36.9. The Kier molecular flexibility index (Phi) is 12.7. The number of hydrogen-bond donors (Lipinski definition) is 5. The monoisotopic (exact) mass is 842 g/mol. The van der Waals surface area contributed by atoms with Gasteiger partial charge >= 0.3 is 12.2 Å². The molecule has 1 unspecified atom stereocenters. The normalized spacial score (nSPS) is 19.5. The summed E-state index contributed by atoms with van der Waals surface area (Å²) in [7, 11) is 2.70. The van der Waals surface area contributed by atoms with Crippen LogP contribution in [0.3, 0.4) is 0 Å². The van der Waals surface area contributed by atoms with E-state index in [1.807, 2.05) is 24.9 Å². The number of fused-ring (bicyclic) bond motifs is 6. The van der Waals surface area contributed by atoms with Gasteiger partial charge in [0.1, 0.15) is 17.7 Å². The van der Waals surface area contributed by atoms with Crippen molar-refractivity contribution in [1.82, 2.24) is 35.5 Å². The third-order valence-electron chi connectivity index (χ3n) is 13.7. The summed E-state index contributed by atoms with van der Waals surface area (Å²) in [5, 5.41) is 5.76. The lowest BCUT2D eigenvalue weighted by Crippen LogP contribution is -2.51. The van der Waals surface area contributed by atoms with E-state index in [1.165, 1.54) is 66.9 Å². The Balaban J connectivity index is 1.03. The van der Waals surface area contributed by atoms with Gasteiger partial charge in [-0.3, -0.25) is 4.79 Å². The number of amides is 3. The molecule has 3 amide bonds. The molecule has 1 saturated carbocycles. The van der Waals surface area contributed by atoms with E-state index < -0.39 is 18.2 Å². The van der Waals surface area contributed by atoms with Crippen LogP contribution >= 0.6 is 0 Å². The van der Waals surface area contributed by atoms with Crippen LogP contribution in [0.1, 0.15) is 126 Å². The average Bonchev–Trinajstić information content (AvgIpc) is 4.14. The summed E-state index contributed by atoms with van der Waals surface area (Å²) >= 11 is 0. The smallest absolute Gasteiger partial charge is 0.407 e. The maximum atomic E-state index is 13.7. The lowest BCUT2D eigenvalue weighted by atomic mass is 9.81. The highest BCUT2D eigenvalue weighted by Crippen LogP contribution is 2.58. The number of alkyl carbamates (subject to hydrolysis) is 2. The van der Waals surface area contributed by atoms with Crippen molar-refractivity contribution in [2.24, 2.45) is 17.6 Å². The van der Waals surface area contributed by atoms with Gasteiger partial charge in [-0.2, -0.15) is 0 Å². The van der Waals surface area contributed by atoms with Gasteiger partial charge in [0.2, 0.25) is 5.91 Å². The number of carbonyl (C=O) groups is 3. The number of nitrogens with two attached hydrogens (primary N) is 1. The highest BCUT2D eigenvalue weighted by molar-refractivity contribution is 5.87. The van der Waals surface area contributed by atoms with Crippen molar-refractivity contribution >= 4 is 29.1 Å². The minimum atomic E-state index is -0.679. The Hall–Kier alpha value is -5.69.